The lowest BCUT2D eigenvalue weighted by molar-refractivity contribution is -0.133. The summed E-state index contributed by atoms with van der Waals surface area (Å²) in [6.07, 6.45) is 6.38. The molecule has 1 heterocycles. The lowest BCUT2D eigenvalue weighted by Crippen LogP contribution is -2.37. The first-order chi connectivity index (χ1) is 10.3. The van der Waals surface area contributed by atoms with Crippen molar-refractivity contribution in [3.8, 4) is 0 Å². The van der Waals surface area contributed by atoms with Gasteiger partial charge in [0, 0.05) is 6.54 Å². The average molecular weight is 285 g/mol. The minimum absolute atomic E-state index is 0.0537. The second-order valence-electron chi connectivity index (χ2n) is 6.05. The molecule has 0 spiro atoms. The fourth-order valence-electron chi connectivity index (χ4n) is 2.76. The molecule has 1 atom stereocenters. The molecule has 3 rings (SSSR count). The SMILES string of the molecule is CC(c1ccccc1)N(CC1CC1)C(=O)C1=CCCCO1. The first-order valence-electron chi connectivity index (χ1n) is 7.94. The smallest absolute Gasteiger partial charge is 0.289 e. The summed E-state index contributed by atoms with van der Waals surface area (Å²) in [5.74, 6) is 1.27. The fraction of sp³-hybridized carbons (Fsp3) is 0.500. The summed E-state index contributed by atoms with van der Waals surface area (Å²) in [6, 6.07) is 10.3. The number of rotatable bonds is 5. The molecule has 1 saturated carbocycles. The summed E-state index contributed by atoms with van der Waals surface area (Å²) in [4.78, 5) is 14.8. The number of hydrogen-bond donors (Lipinski definition) is 0. The van der Waals surface area contributed by atoms with Crippen molar-refractivity contribution in [2.75, 3.05) is 13.2 Å². The van der Waals surface area contributed by atoms with Crippen LogP contribution in [0, 0.1) is 5.92 Å². The van der Waals surface area contributed by atoms with Crippen LogP contribution in [0.2, 0.25) is 0 Å². The van der Waals surface area contributed by atoms with Crippen molar-refractivity contribution in [1.82, 2.24) is 4.90 Å². The third kappa shape index (κ3) is 3.46. The van der Waals surface area contributed by atoms with E-state index in [2.05, 4.69) is 19.1 Å². The van der Waals surface area contributed by atoms with Crippen LogP contribution in [-0.2, 0) is 9.53 Å². The number of ether oxygens (including phenoxy) is 1. The topological polar surface area (TPSA) is 29.5 Å². The molecule has 0 aromatic heterocycles. The molecule has 0 saturated heterocycles. The molecule has 1 aromatic rings. The van der Waals surface area contributed by atoms with Crippen LogP contribution in [0.15, 0.2) is 42.2 Å². The van der Waals surface area contributed by atoms with E-state index in [0.29, 0.717) is 18.3 Å². The van der Waals surface area contributed by atoms with Gasteiger partial charge in [0.2, 0.25) is 0 Å². The predicted molar refractivity (Wildman–Crippen MR) is 82.6 cm³/mol. The maximum absolute atomic E-state index is 12.8. The van der Waals surface area contributed by atoms with Crippen LogP contribution in [0.1, 0.15) is 44.2 Å². The maximum atomic E-state index is 12.8. The number of carbonyl (C=O) groups is 1. The van der Waals surface area contributed by atoms with Crippen molar-refractivity contribution in [2.24, 2.45) is 5.92 Å². The Balaban J connectivity index is 1.79. The zero-order chi connectivity index (χ0) is 14.7. The van der Waals surface area contributed by atoms with Crippen LogP contribution >= 0.6 is 0 Å². The van der Waals surface area contributed by atoms with Crippen molar-refractivity contribution in [3.05, 3.63) is 47.7 Å². The van der Waals surface area contributed by atoms with Crippen molar-refractivity contribution in [1.29, 1.82) is 0 Å². The van der Waals surface area contributed by atoms with Gasteiger partial charge in [-0.15, -0.1) is 0 Å². The normalized spacial score (nSPS) is 19.4. The fourth-order valence-corrected chi connectivity index (χ4v) is 2.76. The van der Waals surface area contributed by atoms with Crippen molar-refractivity contribution >= 4 is 5.91 Å². The quantitative estimate of drug-likeness (QED) is 0.826. The largest absolute Gasteiger partial charge is 0.488 e. The van der Waals surface area contributed by atoms with Gasteiger partial charge in [-0.05, 0) is 50.2 Å². The van der Waals surface area contributed by atoms with E-state index < -0.39 is 0 Å². The second-order valence-corrected chi connectivity index (χ2v) is 6.05. The standard InChI is InChI=1S/C18H23NO2/c1-14(16-7-3-2-4-8-16)19(13-15-10-11-15)18(20)17-9-5-6-12-21-17/h2-4,7-9,14-15H,5-6,10-13H2,1H3. The molecule has 0 radical (unpaired) electrons. The van der Waals surface area contributed by atoms with E-state index in [0.717, 1.165) is 19.4 Å². The zero-order valence-corrected chi connectivity index (χ0v) is 12.6. The summed E-state index contributed by atoms with van der Waals surface area (Å²) in [5.41, 5.74) is 1.18. The maximum Gasteiger partial charge on any atom is 0.289 e. The monoisotopic (exact) mass is 285 g/mol. The third-order valence-electron chi connectivity index (χ3n) is 4.31. The number of allylic oxidation sites excluding steroid dienone is 1. The van der Waals surface area contributed by atoms with E-state index in [1.54, 1.807) is 0 Å². The lowest BCUT2D eigenvalue weighted by atomic mass is 10.1. The molecule has 3 nitrogen and oxygen atoms in total. The molecule has 1 aliphatic heterocycles. The molecule has 112 valence electrons. The van der Waals surface area contributed by atoms with Crippen LogP contribution in [-0.4, -0.2) is 24.0 Å². The molecule has 3 heteroatoms. The third-order valence-corrected chi connectivity index (χ3v) is 4.31. The highest BCUT2D eigenvalue weighted by Gasteiger charge is 2.32. The van der Waals surface area contributed by atoms with E-state index >= 15 is 0 Å². The second kappa shape index (κ2) is 6.33. The number of hydrogen-bond acceptors (Lipinski definition) is 2. The highest BCUT2D eigenvalue weighted by atomic mass is 16.5. The van der Waals surface area contributed by atoms with Gasteiger partial charge in [-0.1, -0.05) is 30.3 Å². The Morgan fingerprint density at radius 3 is 2.71 bits per heavy atom. The van der Waals surface area contributed by atoms with Gasteiger partial charge in [0.25, 0.3) is 5.91 Å². The molecule has 1 aromatic carbocycles. The molecule has 1 amide bonds. The highest BCUT2D eigenvalue weighted by Crippen LogP contribution is 2.33. The van der Waals surface area contributed by atoms with Gasteiger partial charge in [-0.3, -0.25) is 4.79 Å². The molecular formula is C18H23NO2. The zero-order valence-electron chi connectivity index (χ0n) is 12.6. The molecule has 1 aliphatic carbocycles. The van der Waals surface area contributed by atoms with Gasteiger partial charge >= 0.3 is 0 Å². The molecule has 0 N–H and O–H groups in total. The Labute approximate surface area is 126 Å². The highest BCUT2D eigenvalue weighted by molar-refractivity contribution is 5.91. The molecule has 1 fully saturated rings. The number of benzene rings is 1. The summed E-state index contributed by atoms with van der Waals surface area (Å²) < 4.78 is 5.58. The molecule has 1 unspecified atom stereocenters. The number of nitrogens with zero attached hydrogens (tertiary/aromatic N) is 1. The van der Waals surface area contributed by atoms with Gasteiger partial charge in [0.15, 0.2) is 5.76 Å². The Hall–Kier alpha value is -1.77. The Morgan fingerprint density at radius 1 is 1.33 bits per heavy atom. The predicted octanol–water partition coefficient (Wildman–Crippen LogP) is 3.68. The van der Waals surface area contributed by atoms with Gasteiger partial charge < -0.3 is 9.64 Å². The van der Waals surface area contributed by atoms with E-state index in [1.807, 2.05) is 29.2 Å². The average Bonchev–Trinajstić information content (AvgIpc) is 3.37. The Kier molecular flexibility index (Phi) is 4.28. The van der Waals surface area contributed by atoms with Crippen molar-refractivity contribution in [3.63, 3.8) is 0 Å². The minimum Gasteiger partial charge on any atom is -0.488 e. The van der Waals surface area contributed by atoms with E-state index in [4.69, 9.17) is 4.74 Å². The Morgan fingerprint density at radius 2 is 2.10 bits per heavy atom. The van der Waals surface area contributed by atoms with Gasteiger partial charge in [0.1, 0.15) is 0 Å². The lowest BCUT2D eigenvalue weighted by Gasteiger charge is -2.31. The van der Waals surface area contributed by atoms with Crippen LogP contribution < -0.4 is 0 Å². The Bertz CT molecular complexity index is 519. The minimum atomic E-state index is 0.0537. The van der Waals surface area contributed by atoms with E-state index in [9.17, 15) is 4.79 Å². The summed E-state index contributed by atoms with van der Waals surface area (Å²) in [6.45, 7) is 3.61. The van der Waals surface area contributed by atoms with Crippen LogP contribution in [0.4, 0.5) is 0 Å². The van der Waals surface area contributed by atoms with Gasteiger partial charge in [0.05, 0.1) is 12.6 Å². The first kappa shape index (κ1) is 14.2. The first-order valence-corrected chi connectivity index (χ1v) is 7.94. The van der Waals surface area contributed by atoms with E-state index in [-0.39, 0.29) is 11.9 Å². The van der Waals surface area contributed by atoms with Gasteiger partial charge in [-0.25, -0.2) is 0 Å². The van der Waals surface area contributed by atoms with Gasteiger partial charge in [-0.2, -0.15) is 0 Å². The van der Waals surface area contributed by atoms with Crippen molar-refractivity contribution in [2.45, 2.75) is 38.6 Å². The molecule has 0 bridgehead atoms. The van der Waals surface area contributed by atoms with Crippen LogP contribution in [0.25, 0.3) is 0 Å². The molecule has 21 heavy (non-hydrogen) atoms. The number of amides is 1. The summed E-state index contributed by atoms with van der Waals surface area (Å²) >= 11 is 0. The summed E-state index contributed by atoms with van der Waals surface area (Å²) in [7, 11) is 0. The molecule has 2 aliphatic rings. The number of carbonyl (C=O) groups excluding carboxylic acids is 1. The van der Waals surface area contributed by atoms with Crippen LogP contribution in [0.3, 0.4) is 0 Å². The van der Waals surface area contributed by atoms with Crippen molar-refractivity contribution < 1.29 is 9.53 Å². The summed E-state index contributed by atoms with van der Waals surface area (Å²) in [5, 5.41) is 0. The van der Waals surface area contributed by atoms with E-state index in [1.165, 1.54) is 18.4 Å². The molecular weight excluding hydrogens is 262 g/mol. The van der Waals surface area contributed by atoms with Crippen LogP contribution in [0.5, 0.6) is 0 Å².